The highest BCUT2D eigenvalue weighted by atomic mass is 79.9. The van der Waals surface area contributed by atoms with Crippen molar-refractivity contribution in [1.82, 2.24) is 0 Å². The largest absolute Gasteiger partial charge is 0.497 e. The van der Waals surface area contributed by atoms with Gasteiger partial charge in [0.2, 0.25) is 0 Å². The normalized spacial score (nSPS) is 10.8. The van der Waals surface area contributed by atoms with Crippen LogP contribution in [-0.2, 0) is 0 Å². The van der Waals surface area contributed by atoms with Crippen LogP contribution in [0, 0.1) is 5.82 Å². The number of halogens is 2. The zero-order valence-corrected chi connectivity index (χ0v) is 12.4. The Morgan fingerprint density at radius 2 is 1.90 bits per heavy atom. The highest BCUT2D eigenvalue weighted by Gasteiger charge is 2.02. The maximum absolute atomic E-state index is 13.1. The molecule has 2 nitrogen and oxygen atoms in total. The number of carbonyl (C=O) groups is 1. The summed E-state index contributed by atoms with van der Waals surface area (Å²) < 4.78 is 18.5. The summed E-state index contributed by atoms with van der Waals surface area (Å²) in [5.74, 6) is 0.254. The number of benzene rings is 2. The third-order valence-corrected chi connectivity index (χ3v) is 3.35. The third-order valence-electron chi connectivity index (χ3n) is 2.75. The molecule has 20 heavy (non-hydrogen) atoms. The Morgan fingerprint density at radius 1 is 1.20 bits per heavy atom. The number of hydrogen-bond acceptors (Lipinski definition) is 2. The van der Waals surface area contributed by atoms with Gasteiger partial charge in [0.1, 0.15) is 11.6 Å². The molecule has 0 fully saturated rings. The number of ketones is 1. The van der Waals surface area contributed by atoms with Crippen LogP contribution in [0.25, 0.3) is 6.08 Å². The Morgan fingerprint density at radius 3 is 2.50 bits per heavy atom. The average molecular weight is 335 g/mol. The van der Waals surface area contributed by atoms with Crippen molar-refractivity contribution in [3.05, 3.63) is 70.0 Å². The number of allylic oxidation sites excluding steroid dienone is 1. The van der Waals surface area contributed by atoms with Crippen molar-refractivity contribution >= 4 is 27.8 Å². The van der Waals surface area contributed by atoms with E-state index in [0.717, 1.165) is 5.56 Å². The lowest BCUT2D eigenvalue weighted by Gasteiger charge is -2.00. The van der Waals surface area contributed by atoms with E-state index in [1.54, 1.807) is 49.6 Å². The maximum atomic E-state index is 13.1. The lowest BCUT2D eigenvalue weighted by atomic mass is 10.1. The quantitative estimate of drug-likeness (QED) is 0.608. The summed E-state index contributed by atoms with van der Waals surface area (Å²) in [5.41, 5.74) is 1.32. The molecule has 0 amide bonds. The topological polar surface area (TPSA) is 26.3 Å². The Hall–Kier alpha value is -1.94. The van der Waals surface area contributed by atoms with E-state index < -0.39 is 0 Å². The van der Waals surface area contributed by atoms with Crippen LogP contribution in [0.4, 0.5) is 4.39 Å². The van der Waals surface area contributed by atoms with E-state index in [0.29, 0.717) is 15.8 Å². The van der Waals surface area contributed by atoms with E-state index in [-0.39, 0.29) is 11.6 Å². The fourth-order valence-corrected chi connectivity index (χ4v) is 2.04. The van der Waals surface area contributed by atoms with Crippen LogP contribution >= 0.6 is 15.9 Å². The van der Waals surface area contributed by atoms with E-state index >= 15 is 0 Å². The minimum Gasteiger partial charge on any atom is -0.497 e. The SMILES string of the molecule is COc1ccc(C(=O)/C=C/c2ccc(F)c(Br)c2)cc1. The second kappa shape index (κ2) is 6.48. The highest BCUT2D eigenvalue weighted by molar-refractivity contribution is 9.10. The van der Waals surface area contributed by atoms with Gasteiger partial charge in [-0.25, -0.2) is 4.39 Å². The van der Waals surface area contributed by atoms with E-state index in [9.17, 15) is 9.18 Å². The molecule has 0 N–H and O–H groups in total. The summed E-state index contributed by atoms with van der Waals surface area (Å²) in [6.45, 7) is 0. The molecule has 0 heterocycles. The molecule has 0 aliphatic rings. The van der Waals surface area contributed by atoms with Gasteiger partial charge in [-0.15, -0.1) is 0 Å². The molecule has 4 heteroatoms. The minimum atomic E-state index is -0.330. The van der Waals surface area contributed by atoms with Crippen molar-refractivity contribution in [2.75, 3.05) is 7.11 Å². The number of ether oxygens (including phenoxy) is 1. The van der Waals surface area contributed by atoms with Crippen molar-refractivity contribution in [2.24, 2.45) is 0 Å². The molecule has 0 radical (unpaired) electrons. The monoisotopic (exact) mass is 334 g/mol. The fraction of sp³-hybridized carbons (Fsp3) is 0.0625. The van der Waals surface area contributed by atoms with Gasteiger partial charge >= 0.3 is 0 Å². The smallest absolute Gasteiger partial charge is 0.185 e. The molecule has 0 spiro atoms. The summed E-state index contributed by atoms with van der Waals surface area (Å²) in [6, 6.07) is 11.4. The van der Waals surface area contributed by atoms with E-state index in [4.69, 9.17) is 4.74 Å². The van der Waals surface area contributed by atoms with E-state index in [1.165, 1.54) is 12.1 Å². The zero-order valence-electron chi connectivity index (χ0n) is 10.8. The van der Waals surface area contributed by atoms with Crippen LogP contribution in [0.3, 0.4) is 0 Å². The Balaban J connectivity index is 2.13. The van der Waals surface area contributed by atoms with Crippen molar-refractivity contribution in [3.8, 4) is 5.75 Å². The third kappa shape index (κ3) is 3.54. The Bertz CT molecular complexity index is 648. The Kier molecular flexibility index (Phi) is 4.69. The molecular formula is C16H12BrFO2. The maximum Gasteiger partial charge on any atom is 0.185 e. The number of methoxy groups -OCH3 is 1. The van der Waals surface area contributed by atoms with Gasteiger partial charge in [0, 0.05) is 5.56 Å². The second-order valence-corrected chi connectivity index (χ2v) is 4.95. The molecule has 0 saturated carbocycles. The molecule has 0 bridgehead atoms. The van der Waals surface area contributed by atoms with Gasteiger partial charge < -0.3 is 4.74 Å². The minimum absolute atomic E-state index is 0.117. The molecule has 2 aromatic carbocycles. The summed E-state index contributed by atoms with van der Waals surface area (Å²) in [4.78, 5) is 12.0. The van der Waals surface area contributed by atoms with Crippen molar-refractivity contribution in [1.29, 1.82) is 0 Å². The van der Waals surface area contributed by atoms with Gasteiger partial charge in [0.05, 0.1) is 11.6 Å². The van der Waals surface area contributed by atoms with Gasteiger partial charge in [-0.05, 0) is 64.0 Å². The lowest BCUT2D eigenvalue weighted by molar-refractivity contribution is 0.104. The van der Waals surface area contributed by atoms with Crippen LogP contribution in [0.2, 0.25) is 0 Å². The van der Waals surface area contributed by atoms with E-state index in [2.05, 4.69) is 15.9 Å². The molecule has 0 aromatic heterocycles. The summed E-state index contributed by atoms with van der Waals surface area (Å²) in [6.07, 6.45) is 3.11. The number of carbonyl (C=O) groups excluding carboxylic acids is 1. The van der Waals surface area contributed by atoms with Crippen molar-refractivity contribution < 1.29 is 13.9 Å². The van der Waals surface area contributed by atoms with Gasteiger partial charge in [0.15, 0.2) is 5.78 Å². The van der Waals surface area contributed by atoms with Crippen LogP contribution in [-0.4, -0.2) is 12.9 Å². The number of hydrogen-bond donors (Lipinski definition) is 0. The van der Waals surface area contributed by atoms with Crippen molar-refractivity contribution in [2.45, 2.75) is 0 Å². The van der Waals surface area contributed by atoms with Crippen LogP contribution < -0.4 is 4.74 Å². The fourth-order valence-electron chi connectivity index (χ4n) is 1.64. The van der Waals surface area contributed by atoms with E-state index in [1.807, 2.05) is 0 Å². The molecule has 0 saturated heterocycles. The first-order valence-corrected chi connectivity index (χ1v) is 6.71. The molecular weight excluding hydrogens is 323 g/mol. The van der Waals surface area contributed by atoms with Crippen LogP contribution in [0.15, 0.2) is 53.0 Å². The van der Waals surface area contributed by atoms with Gasteiger partial charge in [-0.1, -0.05) is 12.1 Å². The van der Waals surface area contributed by atoms with Gasteiger partial charge in [0.25, 0.3) is 0 Å². The molecule has 2 aromatic rings. The molecule has 2 rings (SSSR count). The van der Waals surface area contributed by atoms with Crippen molar-refractivity contribution in [3.63, 3.8) is 0 Å². The highest BCUT2D eigenvalue weighted by Crippen LogP contribution is 2.18. The standard InChI is InChI=1S/C16H12BrFO2/c1-20-13-6-4-12(5-7-13)16(19)9-3-11-2-8-15(18)14(17)10-11/h2-10H,1H3/b9-3+. The lowest BCUT2D eigenvalue weighted by Crippen LogP contribution is -1.94. The summed E-state index contributed by atoms with van der Waals surface area (Å²) >= 11 is 3.11. The first kappa shape index (κ1) is 14.5. The van der Waals surface area contributed by atoms with Gasteiger partial charge in [-0.3, -0.25) is 4.79 Å². The second-order valence-electron chi connectivity index (χ2n) is 4.10. The molecule has 0 aliphatic carbocycles. The molecule has 0 unspecified atom stereocenters. The Labute approximate surface area is 125 Å². The predicted octanol–water partition coefficient (Wildman–Crippen LogP) is 4.49. The first-order valence-electron chi connectivity index (χ1n) is 5.91. The molecule has 0 aliphatic heterocycles. The molecule has 0 atom stereocenters. The zero-order chi connectivity index (χ0) is 14.5. The summed E-state index contributed by atoms with van der Waals surface area (Å²) in [5, 5.41) is 0. The van der Waals surface area contributed by atoms with Crippen LogP contribution in [0.5, 0.6) is 5.75 Å². The van der Waals surface area contributed by atoms with Gasteiger partial charge in [-0.2, -0.15) is 0 Å². The molecule has 102 valence electrons. The average Bonchev–Trinajstić information content (AvgIpc) is 2.48. The number of rotatable bonds is 4. The van der Waals surface area contributed by atoms with Crippen LogP contribution in [0.1, 0.15) is 15.9 Å². The first-order chi connectivity index (χ1) is 9.60. The predicted molar refractivity (Wildman–Crippen MR) is 80.5 cm³/mol. The summed E-state index contributed by atoms with van der Waals surface area (Å²) in [7, 11) is 1.57.